The summed E-state index contributed by atoms with van der Waals surface area (Å²) in [6.45, 7) is 1.83. The molecule has 1 saturated heterocycles. The highest BCUT2D eigenvalue weighted by Crippen LogP contribution is 2.36. The van der Waals surface area contributed by atoms with Crippen molar-refractivity contribution in [2.45, 2.75) is 63.8 Å². The Hall–Kier alpha value is -1.91. The third-order valence-electron chi connectivity index (χ3n) is 6.96. The molecule has 5 nitrogen and oxygen atoms in total. The molecule has 3 heterocycles. The van der Waals surface area contributed by atoms with Crippen molar-refractivity contribution in [2.24, 2.45) is 11.8 Å². The quantitative estimate of drug-likeness (QED) is 0.814. The summed E-state index contributed by atoms with van der Waals surface area (Å²) in [5, 5.41) is 0. The predicted octanol–water partition coefficient (Wildman–Crippen LogP) is 4.20. The number of imidazole rings is 1. The first-order chi connectivity index (χ1) is 12.8. The van der Waals surface area contributed by atoms with E-state index in [0.717, 1.165) is 30.2 Å². The van der Waals surface area contributed by atoms with Crippen molar-refractivity contribution >= 4 is 17.1 Å². The molecular weight excluding hydrogens is 324 g/mol. The summed E-state index contributed by atoms with van der Waals surface area (Å²) in [4.78, 5) is 24.3. The molecule has 0 bridgehead atoms. The number of pyridine rings is 1. The minimum Gasteiger partial charge on any atom is -0.338 e. The average molecular weight is 352 g/mol. The van der Waals surface area contributed by atoms with E-state index < -0.39 is 0 Å². The number of fused-ring (bicyclic) bond motifs is 2. The Labute approximate surface area is 154 Å². The van der Waals surface area contributed by atoms with Crippen LogP contribution in [0, 0.1) is 11.8 Å². The molecule has 3 fully saturated rings. The zero-order chi connectivity index (χ0) is 17.5. The van der Waals surface area contributed by atoms with E-state index in [1.165, 1.54) is 57.8 Å². The molecule has 0 unspecified atom stereocenters. The zero-order valence-corrected chi connectivity index (χ0v) is 15.4. The van der Waals surface area contributed by atoms with E-state index in [4.69, 9.17) is 0 Å². The topological polar surface area (TPSA) is 51.0 Å². The summed E-state index contributed by atoms with van der Waals surface area (Å²) in [5.41, 5.74) is 2.48. The lowest BCUT2D eigenvalue weighted by molar-refractivity contribution is 0.0520. The second kappa shape index (κ2) is 6.67. The second-order valence-corrected chi connectivity index (χ2v) is 8.50. The summed E-state index contributed by atoms with van der Waals surface area (Å²) in [5.74, 6) is 1.69. The van der Waals surface area contributed by atoms with Crippen LogP contribution in [0.25, 0.3) is 11.2 Å². The van der Waals surface area contributed by atoms with Gasteiger partial charge in [0.05, 0.1) is 11.9 Å². The van der Waals surface area contributed by atoms with Crippen molar-refractivity contribution in [2.75, 3.05) is 13.1 Å². The van der Waals surface area contributed by atoms with Crippen LogP contribution in [0.5, 0.6) is 0 Å². The van der Waals surface area contributed by atoms with E-state index in [9.17, 15) is 4.79 Å². The van der Waals surface area contributed by atoms with Gasteiger partial charge in [0.25, 0.3) is 5.91 Å². The molecule has 138 valence electrons. The maximum absolute atomic E-state index is 13.0. The number of carbonyl (C=O) groups is 1. The Morgan fingerprint density at radius 1 is 0.962 bits per heavy atom. The van der Waals surface area contributed by atoms with E-state index in [2.05, 4.69) is 19.4 Å². The third kappa shape index (κ3) is 2.81. The first-order valence-corrected chi connectivity index (χ1v) is 10.4. The van der Waals surface area contributed by atoms with Crippen LogP contribution in [-0.2, 0) is 0 Å². The van der Waals surface area contributed by atoms with Gasteiger partial charge in [-0.25, -0.2) is 9.97 Å². The average Bonchev–Trinajstić information content (AvgIpc) is 3.35. The first kappa shape index (κ1) is 16.3. The van der Waals surface area contributed by atoms with Crippen molar-refractivity contribution < 1.29 is 4.79 Å². The van der Waals surface area contributed by atoms with Gasteiger partial charge in [-0.1, -0.05) is 32.1 Å². The van der Waals surface area contributed by atoms with E-state index in [1.807, 2.05) is 12.4 Å². The molecule has 0 N–H and O–H groups in total. The standard InChI is InChI=1S/C21H28N4O/c26-21(24-10-9-15-5-1-2-6-16(15)13-24)17-11-19-20(22-12-17)25(14-23-19)18-7-3-4-8-18/h11-12,14-16,18H,1-10,13H2/t15-,16-/m0/s1. The van der Waals surface area contributed by atoms with Crippen molar-refractivity contribution in [3.63, 3.8) is 0 Å². The van der Waals surface area contributed by atoms with Crippen LogP contribution < -0.4 is 0 Å². The van der Waals surface area contributed by atoms with E-state index in [0.29, 0.717) is 17.5 Å². The number of carbonyl (C=O) groups excluding carboxylic acids is 1. The Kier molecular flexibility index (Phi) is 4.18. The fourth-order valence-corrected chi connectivity index (χ4v) is 5.45. The summed E-state index contributed by atoms with van der Waals surface area (Å²) in [6, 6.07) is 2.47. The number of hydrogen-bond donors (Lipinski definition) is 0. The van der Waals surface area contributed by atoms with Gasteiger partial charge < -0.3 is 9.47 Å². The van der Waals surface area contributed by atoms with Gasteiger partial charge >= 0.3 is 0 Å². The number of rotatable bonds is 2. The van der Waals surface area contributed by atoms with Crippen LogP contribution in [-0.4, -0.2) is 38.4 Å². The highest BCUT2D eigenvalue weighted by molar-refractivity contribution is 5.96. The normalized spacial score (nSPS) is 27.0. The van der Waals surface area contributed by atoms with Crippen LogP contribution in [0.3, 0.4) is 0 Å². The summed E-state index contributed by atoms with van der Waals surface area (Å²) >= 11 is 0. The Balaban J connectivity index is 1.36. The third-order valence-corrected chi connectivity index (χ3v) is 6.96. The number of amides is 1. The lowest BCUT2D eigenvalue weighted by Gasteiger charge is -2.41. The fraction of sp³-hybridized carbons (Fsp3) is 0.667. The molecule has 0 aromatic carbocycles. The molecule has 0 radical (unpaired) electrons. The molecule has 5 rings (SSSR count). The number of aromatic nitrogens is 3. The summed E-state index contributed by atoms with van der Waals surface area (Å²) in [6.07, 6.45) is 15.2. The van der Waals surface area contributed by atoms with Gasteiger partial charge in [0, 0.05) is 25.3 Å². The molecule has 26 heavy (non-hydrogen) atoms. The van der Waals surface area contributed by atoms with Gasteiger partial charge in [-0.2, -0.15) is 0 Å². The summed E-state index contributed by atoms with van der Waals surface area (Å²) < 4.78 is 2.21. The number of nitrogens with zero attached hydrogens (tertiary/aromatic N) is 4. The maximum Gasteiger partial charge on any atom is 0.255 e. The van der Waals surface area contributed by atoms with Crippen molar-refractivity contribution in [1.82, 2.24) is 19.4 Å². The monoisotopic (exact) mass is 352 g/mol. The minimum atomic E-state index is 0.138. The number of piperidine rings is 1. The lowest BCUT2D eigenvalue weighted by atomic mass is 9.75. The van der Waals surface area contributed by atoms with Crippen LogP contribution in [0.15, 0.2) is 18.6 Å². The van der Waals surface area contributed by atoms with Gasteiger partial charge in [-0.15, -0.1) is 0 Å². The Morgan fingerprint density at radius 3 is 2.58 bits per heavy atom. The van der Waals surface area contributed by atoms with Crippen molar-refractivity contribution in [3.05, 3.63) is 24.2 Å². The molecule has 5 heteroatoms. The van der Waals surface area contributed by atoms with Crippen LogP contribution in [0.1, 0.15) is 74.2 Å². The number of likely N-dealkylation sites (tertiary alicyclic amines) is 1. The smallest absolute Gasteiger partial charge is 0.255 e. The van der Waals surface area contributed by atoms with Gasteiger partial charge in [-0.05, 0) is 43.6 Å². The molecule has 2 atom stereocenters. The highest BCUT2D eigenvalue weighted by atomic mass is 16.2. The van der Waals surface area contributed by atoms with Gasteiger partial charge in [0.15, 0.2) is 5.65 Å². The van der Waals surface area contributed by atoms with E-state index in [1.54, 1.807) is 6.20 Å². The zero-order valence-electron chi connectivity index (χ0n) is 15.4. The molecule has 1 amide bonds. The molecule has 2 saturated carbocycles. The molecule has 2 aromatic heterocycles. The van der Waals surface area contributed by atoms with E-state index in [-0.39, 0.29) is 5.91 Å². The summed E-state index contributed by atoms with van der Waals surface area (Å²) in [7, 11) is 0. The largest absolute Gasteiger partial charge is 0.338 e. The van der Waals surface area contributed by atoms with Gasteiger partial charge in [0.2, 0.25) is 0 Å². The molecule has 0 spiro atoms. The maximum atomic E-state index is 13.0. The van der Waals surface area contributed by atoms with Crippen molar-refractivity contribution in [1.29, 1.82) is 0 Å². The van der Waals surface area contributed by atoms with Crippen molar-refractivity contribution in [3.8, 4) is 0 Å². The minimum absolute atomic E-state index is 0.138. The highest BCUT2D eigenvalue weighted by Gasteiger charge is 2.33. The molecule has 2 aromatic rings. The fourth-order valence-electron chi connectivity index (χ4n) is 5.45. The molecular formula is C21H28N4O. The van der Waals surface area contributed by atoms with Crippen LogP contribution >= 0.6 is 0 Å². The van der Waals surface area contributed by atoms with Gasteiger partial charge in [0.1, 0.15) is 5.52 Å². The Morgan fingerprint density at radius 2 is 1.73 bits per heavy atom. The van der Waals surface area contributed by atoms with Crippen LogP contribution in [0.4, 0.5) is 0 Å². The van der Waals surface area contributed by atoms with E-state index >= 15 is 0 Å². The Bertz CT molecular complexity index is 807. The SMILES string of the molecule is O=C(c1cnc2c(c1)ncn2C1CCCC1)N1CC[C@@H]2CCCC[C@H]2C1. The number of hydrogen-bond acceptors (Lipinski definition) is 3. The molecule has 3 aliphatic rings. The lowest BCUT2D eigenvalue weighted by Crippen LogP contribution is -2.44. The molecule has 1 aliphatic heterocycles. The first-order valence-electron chi connectivity index (χ1n) is 10.4. The predicted molar refractivity (Wildman–Crippen MR) is 101 cm³/mol. The van der Waals surface area contributed by atoms with Gasteiger partial charge in [-0.3, -0.25) is 4.79 Å². The second-order valence-electron chi connectivity index (χ2n) is 8.50. The van der Waals surface area contributed by atoms with Crippen LogP contribution in [0.2, 0.25) is 0 Å². The molecule has 2 aliphatic carbocycles.